The Kier molecular flexibility index (Phi) is 4.32. The summed E-state index contributed by atoms with van der Waals surface area (Å²) in [6, 6.07) is 6.59. The summed E-state index contributed by atoms with van der Waals surface area (Å²) in [4.78, 5) is 0. The maximum atomic E-state index is 5.98. The summed E-state index contributed by atoms with van der Waals surface area (Å²) < 4.78 is 1.08. The predicted molar refractivity (Wildman–Crippen MR) is 78.2 cm³/mol. The summed E-state index contributed by atoms with van der Waals surface area (Å²) >= 11 is 3.49. The van der Waals surface area contributed by atoms with Crippen LogP contribution in [-0.2, 0) is 0 Å². The molecule has 1 aliphatic rings. The lowest BCUT2D eigenvalue weighted by Gasteiger charge is -2.29. The van der Waals surface area contributed by atoms with E-state index in [4.69, 9.17) is 5.73 Å². The van der Waals surface area contributed by atoms with Gasteiger partial charge in [-0.2, -0.15) is 0 Å². The topological polar surface area (TPSA) is 38.0 Å². The first-order valence-corrected chi connectivity index (χ1v) is 7.30. The number of halogens is 1. The van der Waals surface area contributed by atoms with Gasteiger partial charge in [0.1, 0.15) is 0 Å². The molecule has 0 amide bonds. The molecule has 3 N–H and O–H groups in total. The number of hydrogen-bond donors (Lipinski definition) is 2. The highest BCUT2D eigenvalue weighted by Gasteiger charge is 2.20. The van der Waals surface area contributed by atoms with E-state index < -0.39 is 0 Å². The van der Waals surface area contributed by atoms with Crippen LogP contribution in [0.1, 0.15) is 39.0 Å². The molecule has 1 aromatic carbocycles. The molecule has 0 unspecified atom stereocenters. The lowest BCUT2D eigenvalue weighted by atomic mass is 9.84. The van der Waals surface area contributed by atoms with E-state index in [1.165, 1.54) is 32.1 Å². The average molecular weight is 297 g/mol. The van der Waals surface area contributed by atoms with Gasteiger partial charge in [0.15, 0.2) is 0 Å². The second kappa shape index (κ2) is 5.76. The molecule has 0 saturated heterocycles. The third-order valence-corrected chi connectivity index (χ3v) is 4.29. The van der Waals surface area contributed by atoms with E-state index in [0.717, 1.165) is 21.8 Å². The zero-order valence-electron chi connectivity index (χ0n) is 10.4. The number of benzene rings is 1. The Bertz CT molecular complexity index is 370. The Labute approximate surface area is 112 Å². The lowest BCUT2D eigenvalue weighted by Crippen LogP contribution is -2.26. The highest BCUT2D eigenvalue weighted by atomic mass is 79.9. The zero-order chi connectivity index (χ0) is 12.3. The van der Waals surface area contributed by atoms with Crippen LogP contribution in [0.25, 0.3) is 0 Å². The number of hydrogen-bond acceptors (Lipinski definition) is 2. The number of rotatable bonds is 3. The number of anilines is 2. The fourth-order valence-corrected chi connectivity index (χ4v) is 2.95. The third kappa shape index (κ3) is 3.38. The standard InChI is InChI=1S/C14H21BrN2/c1-2-10-3-6-12(7-4-10)17-14-9-11(15)5-8-13(14)16/h5,8-10,12,17H,2-4,6-7,16H2,1H3. The largest absolute Gasteiger partial charge is 0.397 e. The average Bonchev–Trinajstić information content (AvgIpc) is 2.35. The van der Waals surface area contributed by atoms with Crippen molar-refractivity contribution >= 4 is 27.3 Å². The molecule has 1 saturated carbocycles. The van der Waals surface area contributed by atoms with E-state index in [1.807, 2.05) is 12.1 Å². The van der Waals surface area contributed by atoms with Crippen molar-refractivity contribution in [1.82, 2.24) is 0 Å². The molecule has 0 radical (unpaired) electrons. The SMILES string of the molecule is CCC1CCC(Nc2cc(Br)ccc2N)CC1. The second-order valence-electron chi connectivity index (χ2n) is 5.00. The van der Waals surface area contributed by atoms with Crippen LogP contribution in [0.4, 0.5) is 11.4 Å². The molecule has 2 nitrogen and oxygen atoms in total. The summed E-state index contributed by atoms with van der Waals surface area (Å²) in [7, 11) is 0. The van der Waals surface area contributed by atoms with E-state index in [0.29, 0.717) is 6.04 Å². The smallest absolute Gasteiger partial charge is 0.0587 e. The second-order valence-corrected chi connectivity index (χ2v) is 5.92. The van der Waals surface area contributed by atoms with Crippen LogP contribution in [0.15, 0.2) is 22.7 Å². The lowest BCUT2D eigenvalue weighted by molar-refractivity contribution is 0.330. The molecule has 0 aliphatic heterocycles. The van der Waals surface area contributed by atoms with Crippen molar-refractivity contribution < 1.29 is 0 Å². The Morgan fingerprint density at radius 3 is 2.65 bits per heavy atom. The van der Waals surface area contributed by atoms with Crippen LogP contribution in [0.3, 0.4) is 0 Å². The summed E-state index contributed by atoms with van der Waals surface area (Å²) in [5.74, 6) is 0.938. The van der Waals surface area contributed by atoms with E-state index >= 15 is 0 Å². The number of nitrogens with one attached hydrogen (secondary N) is 1. The minimum absolute atomic E-state index is 0.592. The van der Waals surface area contributed by atoms with Crippen LogP contribution < -0.4 is 11.1 Å². The first-order valence-electron chi connectivity index (χ1n) is 6.50. The van der Waals surface area contributed by atoms with Crippen LogP contribution >= 0.6 is 15.9 Å². The van der Waals surface area contributed by atoms with Crippen molar-refractivity contribution in [2.24, 2.45) is 5.92 Å². The molecule has 0 bridgehead atoms. The first-order chi connectivity index (χ1) is 8.19. The van der Waals surface area contributed by atoms with Gasteiger partial charge < -0.3 is 11.1 Å². The van der Waals surface area contributed by atoms with Gasteiger partial charge in [-0.15, -0.1) is 0 Å². The molecule has 0 spiro atoms. The fourth-order valence-electron chi connectivity index (χ4n) is 2.59. The van der Waals surface area contributed by atoms with Crippen LogP contribution in [0.5, 0.6) is 0 Å². The third-order valence-electron chi connectivity index (χ3n) is 3.80. The van der Waals surface area contributed by atoms with Crippen molar-refractivity contribution in [3.8, 4) is 0 Å². The molecule has 17 heavy (non-hydrogen) atoms. The molecule has 1 fully saturated rings. The van der Waals surface area contributed by atoms with Crippen molar-refractivity contribution in [3.63, 3.8) is 0 Å². The van der Waals surface area contributed by atoms with Gasteiger partial charge in [0.25, 0.3) is 0 Å². The van der Waals surface area contributed by atoms with Gasteiger partial charge in [-0.1, -0.05) is 29.3 Å². The van der Waals surface area contributed by atoms with Gasteiger partial charge in [0.05, 0.1) is 11.4 Å². The fraction of sp³-hybridized carbons (Fsp3) is 0.571. The van der Waals surface area contributed by atoms with E-state index in [1.54, 1.807) is 0 Å². The monoisotopic (exact) mass is 296 g/mol. The number of nitrogens with two attached hydrogens (primary N) is 1. The van der Waals surface area contributed by atoms with E-state index in [-0.39, 0.29) is 0 Å². The Hall–Kier alpha value is -0.700. The van der Waals surface area contributed by atoms with Gasteiger partial charge in [-0.3, -0.25) is 0 Å². The highest BCUT2D eigenvalue weighted by molar-refractivity contribution is 9.10. The summed E-state index contributed by atoms with van der Waals surface area (Å²) in [5.41, 5.74) is 7.88. The summed E-state index contributed by atoms with van der Waals surface area (Å²) in [6.45, 7) is 2.30. The van der Waals surface area contributed by atoms with Gasteiger partial charge in [-0.25, -0.2) is 0 Å². The minimum Gasteiger partial charge on any atom is -0.397 e. The first kappa shape index (κ1) is 12.7. The molecule has 3 heteroatoms. The molecule has 1 aromatic rings. The molecule has 0 atom stereocenters. The van der Waals surface area contributed by atoms with Crippen LogP contribution in [0.2, 0.25) is 0 Å². The maximum absolute atomic E-state index is 5.98. The van der Waals surface area contributed by atoms with Crippen LogP contribution in [-0.4, -0.2) is 6.04 Å². The van der Waals surface area contributed by atoms with Gasteiger partial charge >= 0.3 is 0 Å². The van der Waals surface area contributed by atoms with Crippen molar-refractivity contribution in [2.45, 2.75) is 45.1 Å². The van der Waals surface area contributed by atoms with Gasteiger partial charge in [-0.05, 0) is 49.8 Å². The molecule has 94 valence electrons. The van der Waals surface area contributed by atoms with E-state index in [9.17, 15) is 0 Å². The Morgan fingerprint density at radius 2 is 2.00 bits per heavy atom. The summed E-state index contributed by atoms with van der Waals surface area (Å²) in [5, 5.41) is 3.58. The maximum Gasteiger partial charge on any atom is 0.0587 e. The molecular formula is C14H21BrN2. The Morgan fingerprint density at radius 1 is 1.29 bits per heavy atom. The van der Waals surface area contributed by atoms with Crippen molar-refractivity contribution in [2.75, 3.05) is 11.1 Å². The minimum atomic E-state index is 0.592. The number of nitrogen functional groups attached to an aromatic ring is 1. The van der Waals surface area contributed by atoms with Gasteiger partial charge in [0.2, 0.25) is 0 Å². The molecule has 0 aromatic heterocycles. The quantitative estimate of drug-likeness (QED) is 0.811. The van der Waals surface area contributed by atoms with Crippen molar-refractivity contribution in [1.29, 1.82) is 0 Å². The summed E-state index contributed by atoms with van der Waals surface area (Å²) in [6.07, 6.45) is 6.56. The molecule has 0 heterocycles. The van der Waals surface area contributed by atoms with Gasteiger partial charge in [0, 0.05) is 10.5 Å². The molecular weight excluding hydrogens is 276 g/mol. The van der Waals surface area contributed by atoms with E-state index in [2.05, 4.69) is 34.2 Å². The Balaban J connectivity index is 1.95. The highest BCUT2D eigenvalue weighted by Crippen LogP contribution is 2.30. The van der Waals surface area contributed by atoms with Crippen molar-refractivity contribution in [3.05, 3.63) is 22.7 Å². The predicted octanol–water partition coefficient (Wildman–Crippen LogP) is 4.41. The molecule has 2 rings (SSSR count). The molecule has 1 aliphatic carbocycles. The van der Waals surface area contributed by atoms with Crippen LogP contribution in [0, 0.1) is 5.92 Å². The normalized spacial score (nSPS) is 24.6. The zero-order valence-corrected chi connectivity index (χ0v) is 12.0.